The fourth-order valence-corrected chi connectivity index (χ4v) is 2.98. The van der Waals surface area contributed by atoms with Gasteiger partial charge in [0, 0.05) is 31.5 Å². The minimum atomic E-state index is -1.18. The van der Waals surface area contributed by atoms with E-state index in [1.54, 1.807) is 0 Å². The number of hydrogen-bond acceptors (Lipinski definition) is 6. The third kappa shape index (κ3) is 5.56. The highest BCUT2D eigenvalue weighted by atomic mass is 16.7. The molecule has 138 valence electrons. The minimum Gasteiger partial charge on any atom is -0.478 e. The lowest BCUT2D eigenvalue weighted by Crippen LogP contribution is -2.38. The van der Waals surface area contributed by atoms with Crippen LogP contribution < -0.4 is 5.32 Å². The second-order valence-electron chi connectivity index (χ2n) is 6.28. The molecule has 1 heterocycles. The minimum absolute atomic E-state index is 0.164. The predicted molar refractivity (Wildman–Crippen MR) is 83.4 cm³/mol. The highest BCUT2D eigenvalue weighted by Crippen LogP contribution is 2.30. The average Bonchev–Trinajstić information content (AvgIpc) is 2.90. The Morgan fingerprint density at radius 1 is 1.16 bits per heavy atom. The number of hydroxylamine groups is 2. The Bertz CT molecular complexity index is 567. The smallest absolute Gasteiger partial charge is 0.335 e. The van der Waals surface area contributed by atoms with E-state index in [0.717, 1.165) is 17.2 Å². The first-order chi connectivity index (χ1) is 11.9. The van der Waals surface area contributed by atoms with Gasteiger partial charge in [-0.25, -0.2) is 9.59 Å². The Labute approximate surface area is 144 Å². The van der Waals surface area contributed by atoms with Crippen molar-refractivity contribution in [2.45, 2.75) is 44.8 Å². The third-order valence-electron chi connectivity index (χ3n) is 4.44. The molecule has 2 fully saturated rings. The van der Waals surface area contributed by atoms with Crippen LogP contribution in [0.1, 0.15) is 38.5 Å². The zero-order valence-electron chi connectivity index (χ0n) is 13.7. The maximum Gasteiger partial charge on any atom is 0.335 e. The van der Waals surface area contributed by atoms with Crippen LogP contribution in [0.3, 0.4) is 0 Å². The number of aliphatic carboxylic acids is 1. The lowest BCUT2D eigenvalue weighted by atomic mass is 9.82. The summed E-state index contributed by atoms with van der Waals surface area (Å²) in [5.41, 5.74) is 0. The molecule has 2 amide bonds. The van der Waals surface area contributed by atoms with Gasteiger partial charge in [-0.2, -0.15) is 0 Å². The van der Waals surface area contributed by atoms with E-state index in [2.05, 4.69) is 5.32 Å². The normalized spacial score (nSPS) is 26.7. The highest BCUT2D eigenvalue weighted by molar-refractivity contribution is 5.93. The molecule has 0 spiro atoms. The van der Waals surface area contributed by atoms with Crippen molar-refractivity contribution in [1.82, 2.24) is 10.4 Å². The second kappa shape index (κ2) is 8.61. The van der Waals surface area contributed by atoms with Gasteiger partial charge in [-0.1, -0.05) is 0 Å². The van der Waals surface area contributed by atoms with Crippen molar-refractivity contribution in [3.63, 3.8) is 0 Å². The molecule has 0 aromatic heterocycles. The Balaban J connectivity index is 1.70. The summed E-state index contributed by atoms with van der Waals surface area (Å²) in [5, 5.41) is 21.4. The molecule has 1 unspecified atom stereocenters. The summed E-state index contributed by atoms with van der Waals surface area (Å²) in [6, 6.07) is 0. The zero-order chi connectivity index (χ0) is 18.4. The summed E-state index contributed by atoms with van der Waals surface area (Å²) in [4.78, 5) is 50.4. The number of nitrogens with one attached hydrogen (secondary N) is 1. The van der Waals surface area contributed by atoms with Gasteiger partial charge in [-0.15, -0.1) is 5.06 Å². The number of nitrogens with zero attached hydrogens (tertiary/aromatic N) is 1. The van der Waals surface area contributed by atoms with Gasteiger partial charge in [0.15, 0.2) is 6.23 Å². The van der Waals surface area contributed by atoms with E-state index in [0.29, 0.717) is 32.2 Å². The van der Waals surface area contributed by atoms with E-state index in [9.17, 15) is 24.3 Å². The van der Waals surface area contributed by atoms with Crippen molar-refractivity contribution in [2.24, 2.45) is 11.8 Å². The Kier molecular flexibility index (Phi) is 6.51. The van der Waals surface area contributed by atoms with Crippen molar-refractivity contribution >= 4 is 23.8 Å². The summed E-state index contributed by atoms with van der Waals surface area (Å²) in [6.07, 6.45) is 3.65. The van der Waals surface area contributed by atoms with Crippen LogP contribution in [0.2, 0.25) is 0 Å². The van der Waals surface area contributed by atoms with Crippen molar-refractivity contribution in [1.29, 1.82) is 0 Å². The Hall–Kier alpha value is -2.42. The first-order valence-corrected chi connectivity index (χ1v) is 8.27. The quantitative estimate of drug-likeness (QED) is 0.569. The Morgan fingerprint density at radius 2 is 1.84 bits per heavy atom. The largest absolute Gasteiger partial charge is 0.478 e. The van der Waals surface area contributed by atoms with Crippen molar-refractivity contribution in [3.8, 4) is 0 Å². The molecule has 2 aliphatic rings. The van der Waals surface area contributed by atoms with E-state index >= 15 is 0 Å². The van der Waals surface area contributed by atoms with Gasteiger partial charge in [0.05, 0.1) is 5.92 Å². The standard InChI is InChI=1S/C16H22N2O7/c19-12(5-8-15(22)23)17-9-10-1-3-11(4-2-10)16(24)25-18-13(20)6-7-14(18)21/h5,8,10-11,13,20H,1-4,6-7,9H2,(H,17,19)(H,22,23)/b8-5-. The van der Waals surface area contributed by atoms with Crippen LogP contribution >= 0.6 is 0 Å². The van der Waals surface area contributed by atoms with Gasteiger partial charge >= 0.3 is 11.9 Å². The van der Waals surface area contributed by atoms with Crippen molar-refractivity contribution < 1.29 is 34.2 Å². The molecule has 0 bridgehead atoms. The van der Waals surface area contributed by atoms with E-state index in [4.69, 9.17) is 9.94 Å². The average molecular weight is 354 g/mol. The summed E-state index contributed by atoms with van der Waals surface area (Å²) in [5.74, 6) is -2.70. The number of amides is 2. The number of hydrogen-bond donors (Lipinski definition) is 3. The van der Waals surface area contributed by atoms with Gasteiger partial charge in [0.2, 0.25) is 5.91 Å². The van der Waals surface area contributed by atoms with E-state index in [1.807, 2.05) is 0 Å². The first-order valence-electron chi connectivity index (χ1n) is 8.27. The van der Waals surface area contributed by atoms with Gasteiger partial charge in [0.25, 0.3) is 5.91 Å². The van der Waals surface area contributed by atoms with Gasteiger partial charge < -0.3 is 20.4 Å². The maximum absolute atomic E-state index is 12.1. The van der Waals surface area contributed by atoms with Gasteiger partial charge in [-0.3, -0.25) is 9.59 Å². The lowest BCUT2D eigenvalue weighted by Gasteiger charge is -2.28. The Morgan fingerprint density at radius 3 is 2.40 bits per heavy atom. The van der Waals surface area contributed by atoms with E-state index < -0.39 is 30.0 Å². The predicted octanol–water partition coefficient (Wildman–Crippen LogP) is -0.0512. The molecule has 1 atom stereocenters. The molecular weight excluding hydrogens is 332 g/mol. The summed E-state index contributed by atoms with van der Waals surface area (Å²) in [7, 11) is 0. The van der Waals surface area contributed by atoms with Crippen molar-refractivity contribution in [3.05, 3.63) is 12.2 Å². The second-order valence-corrected chi connectivity index (χ2v) is 6.28. The number of carboxylic acids is 1. The highest BCUT2D eigenvalue weighted by Gasteiger charge is 2.36. The number of rotatable bonds is 6. The molecule has 0 aromatic carbocycles. The molecule has 9 nitrogen and oxygen atoms in total. The van der Waals surface area contributed by atoms with Crippen LogP contribution in [-0.4, -0.2) is 51.8 Å². The molecule has 1 saturated heterocycles. The van der Waals surface area contributed by atoms with Crippen LogP contribution in [0.25, 0.3) is 0 Å². The number of aliphatic hydroxyl groups is 1. The number of aliphatic hydroxyl groups excluding tert-OH is 1. The fourth-order valence-electron chi connectivity index (χ4n) is 2.98. The molecule has 1 aliphatic carbocycles. The number of carboxylic acid groups (broad SMARTS) is 1. The molecule has 2 rings (SSSR count). The molecule has 0 aromatic rings. The van der Waals surface area contributed by atoms with Crippen LogP contribution in [0.4, 0.5) is 0 Å². The first kappa shape index (κ1) is 18.9. The summed E-state index contributed by atoms with van der Waals surface area (Å²) in [6.45, 7) is 0.411. The monoisotopic (exact) mass is 354 g/mol. The number of carbonyl (C=O) groups excluding carboxylic acids is 3. The zero-order valence-corrected chi connectivity index (χ0v) is 13.7. The van der Waals surface area contributed by atoms with E-state index in [1.165, 1.54) is 0 Å². The maximum atomic E-state index is 12.1. The molecule has 0 radical (unpaired) electrons. The summed E-state index contributed by atoms with van der Waals surface area (Å²) >= 11 is 0. The van der Waals surface area contributed by atoms with Crippen LogP contribution in [0.5, 0.6) is 0 Å². The van der Waals surface area contributed by atoms with E-state index in [-0.39, 0.29) is 24.7 Å². The summed E-state index contributed by atoms with van der Waals surface area (Å²) < 4.78 is 0. The van der Waals surface area contributed by atoms with Crippen LogP contribution in [0, 0.1) is 11.8 Å². The molecular formula is C16H22N2O7. The SMILES string of the molecule is O=C(O)/C=C\C(=O)NCC1CCC(C(=O)ON2C(=O)CCC2O)CC1. The van der Waals surface area contributed by atoms with Crippen LogP contribution in [-0.2, 0) is 24.0 Å². The van der Waals surface area contributed by atoms with Gasteiger partial charge in [0.1, 0.15) is 0 Å². The van der Waals surface area contributed by atoms with Crippen molar-refractivity contribution in [2.75, 3.05) is 6.54 Å². The molecule has 3 N–H and O–H groups in total. The van der Waals surface area contributed by atoms with Crippen LogP contribution in [0.15, 0.2) is 12.2 Å². The fraction of sp³-hybridized carbons (Fsp3) is 0.625. The molecule has 1 saturated carbocycles. The molecule has 1 aliphatic heterocycles. The lowest BCUT2D eigenvalue weighted by molar-refractivity contribution is -0.224. The molecule has 25 heavy (non-hydrogen) atoms. The molecule has 9 heteroatoms. The van der Waals surface area contributed by atoms with Gasteiger partial charge in [-0.05, 0) is 31.6 Å². The topological polar surface area (TPSA) is 133 Å². The number of carbonyl (C=O) groups is 4. The third-order valence-corrected chi connectivity index (χ3v) is 4.44.